The van der Waals surface area contributed by atoms with Crippen molar-refractivity contribution in [2.45, 2.75) is 153 Å². The van der Waals surface area contributed by atoms with Crippen LogP contribution in [0.2, 0.25) is 0 Å². The highest BCUT2D eigenvalue weighted by atomic mass is 19.4. The number of amides is 9. The predicted octanol–water partition coefficient (Wildman–Crippen LogP) is -1.03. The van der Waals surface area contributed by atoms with Gasteiger partial charge in [0.1, 0.15) is 54.4 Å². The number of carbonyl (C=O) groups is 11. The predicted molar refractivity (Wildman–Crippen MR) is 273 cm³/mol. The van der Waals surface area contributed by atoms with Crippen LogP contribution in [-0.4, -0.2) is 149 Å². The van der Waals surface area contributed by atoms with Gasteiger partial charge in [-0.15, -0.1) is 0 Å². The first kappa shape index (κ1) is 67.1. The Hall–Kier alpha value is -7.88. The highest BCUT2D eigenvalue weighted by Crippen LogP contribution is 2.13. The van der Waals surface area contributed by atoms with E-state index in [0.717, 1.165) is 0 Å². The van der Waals surface area contributed by atoms with Crippen molar-refractivity contribution >= 4 is 70.8 Å². The fourth-order valence-electron chi connectivity index (χ4n) is 6.64. The smallest absolute Gasteiger partial charge is 0.480 e. The standard InChI is InChI=1S/C47H72N12O11.C2HF3O2/c1-7-34(44(66)53-26(2)38(60)51-28(4)41(63)58-36(47(69)70)18-12-14-24-49)56-40(62)30(6)55-46(68)37(25-31-15-9-8-10-16-31)59-42(64)29(5)52-39(61)27(3)54-45(67)35(17-11-13-23-48)57-43(65)32-19-21-33(50)22-20-32;3-2(4,5)1(6)7/h8-10,15-16,19-22,26-30,34-37H,7,11-14,17-18,23-25,48-50H2,1-6H3,(H,51,60)(H,52,61)(H,53,66)(H,54,67)(H,55,68)(H,56,62)(H,57,65)(H,58,63)(H,59,64)(H,69,70);(H,6,7)/t26-,27-,28-,29-,30-,34-,35-,36-,37-;/m0./s1. The zero-order valence-corrected chi connectivity index (χ0v) is 43.7. The van der Waals surface area contributed by atoms with Crippen molar-refractivity contribution in [1.29, 1.82) is 0 Å². The van der Waals surface area contributed by atoms with E-state index in [9.17, 15) is 66.2 Å². The summed E-state index contributed by atoms with van der Waals surface area (Å²) >= 11 is 0. The van der Waals surface area contributed by atoms with Crippen LogP contribution >= 0.6 is 0 Å². The first-order valence-electron chi connectivity index (χ1n) is 24.6. The van der Waals surface area contributed by atoms with Crippen molar-refractivity contribution in [3.8, 4) is 0 Å². The molecule has 28 heteroatoms. The lowest BCUT2D eigenvalue weighted by Crippen LogP contribution is -2.59. The molecule has 0 unspecified atom stereocenters. The van der Waals surface area contributed by atoms with Gasteiger partial charge in [-0.1, -0.05) is 37.3 Å². The first-order chi connectivity index (χ1) is 36.1. The van der Waals surface area contributed by atoms with E-state index < -0.39 is 126 Å². The molecule has 0 aliphatic rings. The average Bonchev–Trinajstić information content (AvgIpc) is 3.36. The third-order valence-electron chi connectivity index (χ3n) is 11.3. The number of carboxylic acid groups (broad SMARTS) is 2. The average molecular weight is 1100 g/mol. The number of nitrogens with one attached hydrogen (secondary N) is 9. The fraction of sp³-hybridized carbons (Fsp3) is 0.531. The third kappa shape index (κ3) is 25.5. The Kier molecular flexibility index (Phi) is 29.6. The van der Waals surface area contributed by atoms with Crippen LogP contribution in [0.5, 0.6) is 0 Å². The van der Waals surface area contributed by atoms with E-state index in [1.807, 2.05) is 0 Å². The van der Waals surface area contributed by atoms with Gasteiger partial charge in [-0.2, -0.15) is 13.2 Å². The number of halogens is 3. The molecule has 9 amide bonds. The molecule has 25 nitrogen and oxygen atoms in total. The van der Waals surface area contributed by atoms with Gasteiger partial charge in [0, 0.05) is 17.7 Å². The van der Waals surface area contributed by atoms with Gasteiger partial charge in [0.15, 0.2) is 0 Å². The molecule has 9 atom stereocenters. The second-order valence-electron chi connectivity index (χ2n) is 17.8. The minimum absolute atomic E-state index is 0.0251. The molecule has 0 aliphatic heterocycles. The summed E-state index contributed by atoms with van der Waals surface area (Å²) in [4.78, 5) is 139. The minimum atomic E-state index is -5.08. The summed E-state index contributed by atoms with van der Waals surface area (Å²) in [5.41, 5.74) is 18.2. The topological polar surface area (TPSA) is 415 Å². The molecule has 2 aromatic rings. The maximum Gasteiger partial charge on any atom is 0.490 e. The Morgan fingerprint density at radius 1 is 0.481 bits per heavy atom. The number of benzene rings is 2. The summed E-state index contributed by atoms with van der Waals surface area (Å²) in [7, 11) is 0. The lowest BCUT2D eigenvalue weighted by molar-refractivity contribution is -0.192. The number of rotatable bonds is 30. The lowest BCUT2D eigenvalue weighted by atomic mass is 10.0. The van der Waals surface area contributed by atoms with E-state index in [-0.39, 0.29) is 31.2 Å². The van der Waals surface area contributed by atoms with Crippen LogP contribution in [0, 0.1) is 0 Å². The maximum atomic E-state index is 13.7. The van der Waals surface area contributed by atoms with Gasteiger partial charge < -0.3 is 75.3 Å². The van der Waals surface area contributed by atoms with Crippen LogP contribution in [0.4, 0.5) is 18.9 Å². The molecule has 2 rings (SSSR count). The summed E-state index contributed by atoms with van der Waals surface area (Å²) in [5.74, 6) is -10.5. The summed E-state index contributed by atoms with van der Waals surface area (Å²) < 4.78 is 31.7. The summed E-state index contributed by atoms with van der Waals surface area (Å²) in [6, 6.07) is 4.18. The normalized spacial score (nSPS) is 14.4. The molecule has 17 N–H and O–H groups in total. The molecular weight excluding hydrogens is 1020 g/mol. The number of alkyl halides is 3. The minimum Gasteiger partial charge on any atom is -0.480 e. The zero-order valence-electron chi connectivity index (χ0n) is 43.7. The highest BCUT2D eigenvalue weighted by Gasteiger charge is 2.38. The molecule has 77 heavy (non-hydrogen) atoms. The first-order valence-corrected chi connectivity index (χ1v) is 24.6. The number of nitrogen functional groups attached to an aromatic ring is 1. The van der Waals surface area contributed by atoms with E-state index in [1.54, 1.807) is 49.4 Å². The second kappa shape index (κ2) is 33.9. The van der Waals surface area contributed by atoms with E-state index in [4.69, 9.17) is 27.1 Å². The number of hydrogen-bond acceptors (Lipinski definition) is 14. The molecule has 0 bridgehead atoms. The molecule has 0 radical (unpaired) electrons. The molecule has 2 aromatic carbocycles. The number of carboxylic acids is 2. The highest BCUT2D eigenvalue weighted by molar-refractivity contribution is 6.00. The number of nitrogens with two attached hydrogens (primary N) is 3. The van der Waals surface area contributed by atoms with Crippen LogP contribution in [0.25, 0.3) is 0 Å². The molecule has 0 saturated carbocycles. The van der Waals surface area contributed by atoms with Crippen molar-refractivity contribution in [3.63, 3.8) is 0 Å². The van der Waals surface area contributed by atoms with Gasteiger partial charge in [-0.05, 0) is 122 Å². The van der Waals surface area contributed by atoms with Crippen LogP contribution in [0.15, 0.2) is 54.6 Å². The molecule has 0 spiro atoms. The van der Waals surface area contributed by atoms with Crippen molar-refractivity contribution in [3.05, 3.63) is 65.7 Å². The van der Waals surface area contributed by atoms with E-state index in [0.29, 0.717) is 50.0 Å². The van der Waals surface area contributed by atoms with Crippen molar-refractivity contribution in [1.82, 2.24) is 47.9 Å². The number of anilines is 1. The third-order valence-corrected chi connectivity index (χ3v) is 11.3. The molecule has 0 aliphatic carbocycles. The van der Waals surface area contributed by atoms with Crippen LogP contribution in [0.1, 0.15) is 102 Å². The van der Waals surface area contributed by atoms with E-state index in [2.05, 4.69) is 47.9 Å². The Morgan fingerprint density at radius 2 is 0.831 bits per heavy atom. The zero-order chi connectivity index (χ0) is 58.6. The molecular formula is C49H73F3N12O13. The van der Waals surface area contributed by atoms with E-state index >= 15 is 0 Å². The number of hydrogen-bond donors (Lipinski definition) is 14. The van der Waals surface area contributed by atoms with Crippen LogP contribution < -0.4 is 65.1 Å². The van der Waals surface area contributed by atoms with Crippen molar-refractivity contribution in [2.24, 2.45) is 11.5 Å². The van der Waals surface area contributed by atoms with Crippen molar-refractivity contribution < 1.29 is 76.1 Å². The van der Waals surface area contributed by atoms with Crippen LogP contribution in [-0.2, 0) is 54.4 Å². The van der Waals surface area contributed by atoms with Gasteiger partial charge in [0.2, 0.25) is 47.3 Å². The quantitative estimate of drug-likeness (QED) is 0.0329. The van der Waals surface area contributed by atoms with Gasteiger partial charge in [0.05, 0.1) is 0 Å². The summed E-state index contributed by atoms with van der Waals surface area (Å²) in [6.07, 6.45) is -2.53. The Bertz CT molecular complexity index is 2310. The molecule has 0 fully saturated rings. The number of aliphatic carboxylic acids is 2. The fourth-order valence-corrected chi connectivity index (χ4v) is 6.64. The van der Waals surface area contributed by atoms with Gasteiger partial charge in [0.25, 0.3) is 5.91 Å². The van der Waals surface area contributed by atoms with E-state index in [1.165, 1.54) is 46.8 Å². The van der Waals surface area contributed by atoms with Gasteiger partial charge in [-0.25, -0.2) is 9.59 Å². The largest absolute Gasteiger partial charge is 0.490 e. The lowest BCUT2D eigenvalue weighted by Gasteiger charge is -2.25. The number of carbonyl (C=O) groups excluding carboxylic acids is 9. The second-order valence-corrected chi connectivity index (χ2v) is 17.8. The summed E-state index contributed by atoms with van der Waals surface area (Å²) in [6.45, 7) is 9.17. The molecule has 0 aromatic heterocycles. The van der Waals surface area contributed by atoms with Crippen molar-refractivity contribution in [2.75, 3.05) is 18.8 Å². The molecule has 428 valence electrons. The molecule has 0 saturated heterocycles. The Labute approximate surface area is 443 Å². The van der Waals surface area contributed by atoms with Gasteiger partial charge >= 0.3 is 18.1 Å². The monoisotopic (exact) mass is 1090 g/mol. The Morgan fingerprint density at radius 3 is 1.22 bits per heavy atom. The van der Waals surface area contributed by atoms with Gasteiger partial charge in [-0.3, -0.25) is 43.2 Å². The molecule has 0 heterocycles. The SMILES string of the molecule is CC[C@H](NC(=O)[C@H](C)NC(=O)[C@H](Cc1ccccc1)NC(=O)[C@H](C)NC(=O)[C@H](C)NC(=O)[C@H](CCCCN)NC(=O)c1ccc(N)cc1)C(=O)N[C@@H](C)C(=O)N[C@@H](C)C(=O)N[C@@H](CCCCN)C(=O)O.O=C(O)C(F)(F)F. The summed E-state index contributed by atoms with van der Waals surface area (Å²) in [5, 5.41) is 39.4. The number of unbranched alkanes of at least 4 members (excludes halogenated alkanes) is 2. The Balaban J connectivity index is 0.00000394. The maximum absolute atomic E-state index is 13.7. The van der Waals surface area contributed by atoms with Crippen LogP contribution in [0.3, 0.4) is 0 Å².